The average Bonchev–Trinajstić information content (AvgIpc) is 2.15. The van der Waals surface area contributed by atoms with Crippen LogP contribution >= 0.6 is 12.9 Å². The summed E-state index contributed by atoms with van der Waals surface area (Å²) in [4.78, 5) is 0. The minimum absolute atomic E-state index is 0.0586. The minimum Gasteiger partial charge on any atom is -0.312 e. The van der Waals surface area contributed by atoms with Gasteiger partial charge in [-0.25, -0.2) is 0 Å². The third kappa shape index (κ3) is 1.24. The van der Waals surface area contributed by atoms with Crippen LogP contribution in [0.2, 0.25) is 0 Å². The molecule has 2 atom stereocenters. The molecule has 1 aliphatic carbocycles. The van der Waals surface area contributed by atoms with E-state index in [0.717, 1.165) is 6.42 Å². The van der Waals surface area contributed by atoms with Gasteiger partial charge >= 0.3 is 0 Å². The molecule has 1 nitrogen and oxygen atoms in total. The molecular weight excluding hydrogens is 132 g/mol. The van der Waals surface area contributed by atoms with Crippen molar-refractivity contribution in [3.63, 3.8) is 0 Å². The summed E-state index contributed by atoms with van der Waals surface area (Å²) in [6, 6.07) is 0. The van der Waals surface area contributed by atoms with Crippen molar-refractivity contribution in [3.8, 4) is 0 Å². The maximum Gasteiger partial charge on any atom is 0.0823 e. The van der Waals surface area contributed by atoms with E-state index in [-0.39, 0.29) is 5.60 Å². The molecule has 0 bridgehead atoms. The maximum atomic E-state index is 5.11. The van der Waals surface area contributed by atoms with Gasteiger partial charge in [0.2, 0.25) is 0 Å². The summed E-state index contributed by atoms with van der Waals surface area (Å²) in [5, 5.41) is 0. The standard InChI is InChI=1S/C7H14OS/c1-6-4-3-5-7(6,2)8-9/h6,9H,3-5H2,1-2H3. The monoisotopic (exact) mass is 146 g/mol. The molecule has 0 amide bonds. The summed E-state index contributed by atoms with van der Waals surface area (Å²) in [5.74, 6) is 0.676. The second-order valence-electron chi connectivity index (χ2n) is 3.20. The van der Waals surface area contributed by atoms with Gasteiger partial charge in [-0.05, 0) is 38.6 Å². The zero-order valence-electron chi connectivity index (χ0n) is 6.05. The Labute approximate surface area is 62.4 Å². The third-order valence-corrected chi connectivity index (χ3v) is 2.98. The van der Waals surface area contributed by atoms with Crippen molar-refractivity contribution in [3.05, 3.63) is 0 Å². The van der Waals surface area contributed by atoms with Crippen LogP contribution in [-0.4, -0.2) is 5.60 Å². The van der Waals surface area contributed by atoms with Crippen LogP contribution in [0.4, 0.5) is 0 Å². The second-order valence-corrected chi connectivity index (χ2v) is 3.38. The molecule has 0 aromatic heterocycles. The summed E-state index contributed by atoms with van der Waals surface area (Å²) < 4.78 is 5.11. The SMILES string of the molecule is CC1CCCC1(C)OS. The summed E-state index contributed by atoms with van der Waals surface area (Å²) in [6.07, 6.45) is 3.74. The van der Waals surface area contributed by atoms with Gasteiger partial charge in [0, 0.05) is 0 Å². The van der Waals surface area contributed by atoms with Gasteiger partial charge in [0.25, 0.3) is 0 Å². The van der Waals surface area contributed by atoms with Crippen molar-refractivity contribution < 1.29 is 4.18 Å². The number of thiol groups is 1. The lowest BCUT2D eigenvalue weighted by Crippen LogP contribution is -2.27. The van der Waals surface area contributed by atoms with E-state index in [2.05, 4.69) is 26.8 Å². The van der Waals surface area contributed by atoms with Gasteiger partial charge in [0.05, 0.1) is 5.60 Å². The van der Waals surface area contributed by atoms with Crippen molar-refractivity contribution in [2.75, 3.05) is 0 Å². The van der Waals surface area contributed by atoms with Crippen LogP contribution in [0.1, 0.15) is 33.1 Å². The second kappa shape index (κ2) is 2.51. The summed E-state index contributed by atoms with van der Waals surface area (Å²) in [7, 11) is 0. The molecule has 9 heavy (non-hydrogen) atoms. The molecule has 1 aliphatic rings. The third-order valence-electron chi connectivity index (χ3n) is 2.56. The van der Waals surface area contributed by atoms with Crippen LogP contribution in [0.15, 0.2) is 0 Å². The molecule has 0 saturated heterocycles. The van der Waals surface area contributed by atoms with E-state index in [0.29, 0.717) is 5.92 Å². The molecule has 0 aromatic rings. The molecule has 1 fully saturated rings. The Balaban J connectivity index is 2.56. The lowest BCUT2D eigenvalue weighted by Gasteiger charge is -2.25. The summed E-state index contributed by atoms with van der Waals surface area (Å²) >= 11 is 3.86. The first-order valence-electron chi connectivity index (χ1n) is 3.51. The molecule has 0 aromatic carbocycles. The van der Waals surface area contributed by atoms with Gasteiger partial charge in [-0.15, -0.1) is 0 Å². The molecule has 0 heterocycles. The average molecular weight is 146 g/mol. The fourth-order valence-corrected chi connectivity index (χ4v) is 1.72. The highest BCUT2D eigenvalue weighted by Gasteiger charge is 2.36. The van der Waals surface area contributed by atoms with Crippen molar-refractivity contribution in [1.29, 1.82) is 0 Å². The van der Waals surface area contributed by atoms with Crippen LogP contribution in [0.3, 0.4) is 0 Å². The zero-order chi connectivity index (χ0) is 6.91. The van der Waals surface area contributed by atoms with E-state index >= 15 is 0 Å². The highest BCUT2D eigenvalue weighted by molar-refractivity contribution is 7.75. The molecule has 0 N–H and O–H groups in total. The lowest BCUT2D eigenvalue weighted by molar-refractivity contribution is 0.0844. The zero-order valence-corrected chi connectivity index (χ0v) is 6.95. The van der Waals surface area contributed by atoms with E-state index in [4.69, 9.17) is 4.18 Å². The fourth-order valence-electron chi connectivity index (χ4n) is 1.45. The fraction of sp³-hybridized carbons (Fsp3) is 1.00. The maximum absolute atomic E-state index is 5.11. The van der Waals surface area contributed by atoms with E-state index in [1.165, 1.54) is 12.8 Å². The summed E-state index contributed by atoms with van der Waals surface area (Å²) in [5.41, 5.74) is 0.0586. The minimum atomic E-state index is 0.0586. The van der Waals surface area contributed by atoms with Crippen molar-refractivity contribution in [1.82, 2.24) is 0 Å². The number of hydrogen-bond acceptors (Lipinski definition) is 2. The van der Waals surface area contributed by atoms with Crippen molar-refractivity contribution in [2.24, 2.45) is 5.92 Å². The number of rotatable bonds is 1. The van der Waals surface area contributed by atoms with E-state index in [1.54, 1.807) is 0 Å². The van der Waals surface area contributed by atoms with Crippen LogP contribution in [0, 0.1) is 5.92 Å². The molecule has 1 saturated carbocycles. The normalized spacial score (nSPS) is 43.7. The first kappa shape index (κ1) is 7.42. The molecule has 0 spiro atoms. The van der Waals surface area contributed by atoms with Crippen LogP contribution < -0.4 is 0 Å². The molecule has 2 heteroatoms. The molecule has 0 radical (unpaired) electrons. The first-order valence-corrected chi connectivity index (χ1v) is 3.88. The molecular formula is C7H14OS. The highest BCUT2D eigenvalue weighted by Crippen LogP contribution is 2.38. The van der Waals surface area contributed by atoms with E-state index in [9.17, 15) is 0 Å². The Hall–Kier alpha value is 0.310. The first-order chi connectivity index (χ1) is 4.19. The Morgan fingerprint density at radius 2 is 2.33 bits per heavy atom. The lowest BCUT2D eigenvalue weighted by atomic mass is 9.95. The molecule has 0 aliphatic heterocycles. The quantitative estimate of drug-likeness (QED) is 0.441. The molecule has 54 valence electrons. The predicted molar refractivity (Wildman–Crippen MR) is 41.5 cm³/mol. The van der Waals surface area contributed by atoms with Gasteiger partial charge in [0.1, 0.15) is 0 Å². The number of hydrogen-bond donors (Lipinski definition) is 1. The smallest absolute Gasteiger partial charge is 0.0823 e. The topological polar surface area (TPSA) is 9.23 Å². The Morgan fingerprint density at radius 1 is 1.67 bits per heavy atom. The largest absolute Gasteiger partial charge is 0.312 e. The van der Waals surface area contributed by atoms with Gasteiger partial charge < -0.3 is 4.18 Å². The molecule has 1 rings (SSSR count). The van der Waals surface area contributed by atoms with Crippen molar-refractivity contribution in [2.45, 2.75) is 38.7 Å². The van der Waals surface area contributed by atoms with Crippen molar-refractivity contribution >= 4 is 12.9 Å². The Kier molecular flexibility index (Phi) is 2.07. The van der Waals surface area contributed by atoms with Crippen LogP contribution in [-0.2, 0) is 4.18 Å². The van der Waals surface area contributed by atoms with Gasteiger partial charge in [-0.3, -0.25) is 0 Å². The van der Waals surface area contributed by atoms with Gasteiger partial charge in [-0.2, -0.15) is 0 Å². The van der Waals surface area contributed by atoms with Crippen LogP contribution in [0.25, 0.3) is 0 Å². The van der Waals surface area contributed by atoms with Gasteiger partial charge in [-0.1, -0.05) is 13.3 Å². The van der Waals surface area contributed by atoms with Gasteiger partial charge in [0.15, 0.2) is 0 Å². The predicted octanol–water partition coefficient (Wildman–Crippen LogP) is 2.43. The Morgan fingerprint density at radius 3 is 2.56 bits per heavy atom. The highest BCUT2D eigenvalue weighted by atomic mass is 32.1. The van der Waals surface area contributed by atoms with Crippen LogP contribution in [0.5, 0.6) is 0 Å². The molecule has 2 unspecified atom stereocenters. The van der Waals surface area contributed by atoms with E-state index < -0.39 is 0 Å². The summed E-state index contributed by atoms with van der Waals surface area (Å²) in [6.45, 7) is 4.36. The Bertz CT molecular complexity index is 105. The van der Waals surface area contributed by atoms with E-state index in [1.807, 2.05) is 0 Å².